The fraction of sp³-hybridized carbons (Fsp3) is 0.200. The molecule has 1 saturated carbocycles. The van der Waals surface area contributed by atoms with Crippen molar-refractivity contribution in [3.63, 3.8) is 0 Å². The Morgan fingerprint density at radius 3 is 2.73 bits per heavy atom. The molecule has 2 aromatic carbocycles. The molecule has 1 aliphatic heterocycles. The molecule has 4 aromatic rings. The lowest BCUT2D eigenvalue weighted by Crippen LogP contribution is -2.35. The number of aromatic nitrogens is 2. The van der Waals surface area contributed by atoms with E-state index in [0.717, 1.165) is 24.1 Å². The zero-order valence-electron chi connectivity index (χ0n) is 17.9. The lowest BCUT2D eigenvalue weighted by molar-refractivity contribution is -0.120. The summed E-state index contributed by atoms with van der Waals surface area (Å²) in [7, 11) is 1.69. The summed E-state index contributed by atoms with van der Waals surface area (Å²) >= 11 is 0. The van der Waals surface area contributed by atoms with Crippen molar-refractivity contribution < 1.29 is 18.8 Å². The number of pyridine rings is 1. The zero-order valence-corrected chi connectivity index (χ0v) is 17.9. The van der Waals surface area contributed by atoms with Crippen LogP contribution in [0.15, 0.2) is 59.1 Å². The van der Waals surface area contributed by atoms with Crippen molar-refractivity contribution in [1.29, 1.82) is 0 Å². The molecule has 8 nitrogen and oxygen atoms in total. The number of amides is 2. The fourth-order valence-corrected chi connectivity index (χ4v) is 4.09. The first-order valence-corrected chi connectivity index (χ1v) is 10.8. The number of carbonyl (C=O) groups excluding carboxylic acids is 2. The van der Waals surface area contributed by atoms with E-state index in [2.05, 4.69) is 15.5 Å². The maximum Gasteiger partial charge on any atom is 0.264 e. The highest BCUT2D eigenvalue weighted by Gasteiger charge is 2.32. The summed E-state index contributed by atoms with van der Waals surface area (Å²) in [5, 5.41) is 7.86. The standard InChI is InChI=1S/C25H20N4O4/c1-29-19-11-16(9-10-20(19)32-13-21(29)30)26-24(31)17-12-18(14-5-3-2-4-6-14)27-25-22(17)23(28-33-25)15-7-8-15/h2-6,9-12,15H,7-8,13H2,1H3,(H,26,31). The molecular formula is C25H20N4O4. The molecule has 1 N–H and O–H groups in total. The van der Waals surface area contributed by atoms with Gasteiger partial charge in [-0.15, -0.1) is 0 Å². The van der Waals surface area contributed by atoms with Crippen LogP contribution in [0, 0.1) is 0 Å². The smallest absolute Gasteiger partial charge is 0.264 e. The second-order valence-electron chi connectivity index (χ2n) is 8.32. The van der Waals surface area contributed by atoms with Crippen molar-refractivity contribution in [3.05, 3.63) is 65.9 Å². The van der Waals surface area contributed by atoms with Crippen molar-refractivity contribution in [2.45, 2.75) is 18.8 Å². The molecule has 0 radical (unpaired) electrons. The molecule has 0 saturated heterocycles. The fourth-order valence-electron chi connectivity index (χ4n) is 4.09. The highest BCUT2D eigenvalue weighted by Crippen LogP contribution is 2.43. The van der Waals surface area contributed by atoms with Gasteiger partial charge in [0, 0.05) is 24.2 Å². The maximum atomic E-state index is 13.5. The molecular weight excluding hydrogens is 420 g/mol. The van der Waals surface area contributed by atoms with Crippen molar-refractivity contribution >= 4 is 34.3 Å². The van der Waals surface area contributed by atoms with Crippen LogP contribution in [-0.4, -0.2) is 35.6 Å². The number of carbonyl (C=O) groups is 2. The Bertz CT molecular complexity index is 1410. The molecule has 0 atom stereocenters. The Hall–Kier alpha value is -4.20. The third kappa shape index (κ3) is 3.40. The van der Waals surface area contributed by atoms with E-state index in [1.54, 1.807) is 31.3 Å². The monoisotopic (exact) mass is 440 g/mol. The van der Waals surface area contributed by atoms with Crippen LogP contribution in [-0.2, 0) is 4.79 Å². The Balaban J connectivity index is 1.42. The third-order valence-electron chi connectivity index (χ3n) is 6.05. The molecule has 0 spiro atoms. The summed E-state index contributed by atoms with van der Waals surface area (Å²) < 4.78 is 11.0. The SMILES string of the molecule is CN1C(=O)COc2ccc(NC(=O)c3cc(-c4ccccc4)nc4onc(C5CC5)c34)cc21. The van der Waals surface area contributed by atoms with Crippen LogP contribution >= 0.6 is 0 Å². The third-order valence-corrected chi connectivity index (χ3v) is 6.05. The first-order valence-electron chi connectivity index (χ1n) is 10.8. The van der Waals surface area contributed by atoms with Crippen LogP contribution in [0.3, 0.4) is 0 Å². The summed E-state index contributed by atoms with van der Waals surface area (Å²) in [6.45, 7) is 0.00387. The quantitative estimate of drug-likeness (QED) is 0.506. The highest BCUT2D eigenvalue weighted by molar-refractivity contribution is 6.13. The minimum absolute atomic E-state index is 0.00387. The first-order chi connectivity index (χ1) is 16.1. The molecule has 0 bridgehead atoms. The molecule has 8 heteroatoms. The minimum atomic E-state index is -0.296. The van der Waals surface area contributed by atoms with Gasteiger partial charge in [-0.1, -0.05) is 35.5 Å². The van der Waals surface area contributed by atoms with E-state index >= 15 is 0 Å². The number of likely N-dealkylation sites (N-methyl/N-ethyl adjacent to an activating group) is 1. The van der Waals surface area contributed by atoms with E-state index in [9.17, 15) is 9.59 Å². The van der Waals surface area contributed by atoms with E-state index < -0.39 is 0 Å². The lowest BCUT2D eigenvalue weighted by Gasteiger charge is -2.26. The Kier molecular flexibility index (Phi) is 4.39. The normalized spacial score (nSPS) is 15.3. The summed E-state index contributed by atoms with van der Waals surface area (Å²) in [6, 6.07) is 16.7. The van der Waals surface area contributed by atoms with Crippen LogP contribution < -0.4 is 15.0 Å². The highest BCUT2D eigenvalue weighted by atomic mass is 16.5. The van der Waals surface area contributed by atoms with Crippen molar-refractivity contribution in [2.75, 3.05) is 23.9 Å². The van der Waals surface area contributed by atoms with Gasteiger partial charge in [0.1, 0.15) is 5.75 Å². The molecule has 0 unspecified atom stereocenters. The average Bonchev–Trinajstić information content (AvgIpc) is 3.60. The minimum Gasteiger partial charge on any atom is -0.482 e. The van der Waals surface area contributed by atoms with Crippen LogP contribution in [0.4, 0.5) is 11.4 Å². The van der Waals surface area contributed by atoms with Crippen LogP contribution in [0.1, 0.15) is 34.8 Å². The maximum absolute atomic E-state index is 13.5. The number of fused-ring (bicyclic) bond motifs is 2. The molecule has 2 aromatic heterocycles. The van der Waals surface area contributed by atoms with Crippen LogP contribution in [0.2, 0.25) is 0 Å². The van der Waals surface area contributed by atoms with Crippen molar-refractivity contribution in [2.24, 2.45) is 0 Å². The van der Waals surface area contributed by atoms with Crippen LogP contribution in [0.25, 0.3) is 22.4 Å². The number of nitrogens with zero attached hydrogens (tertiary/aromatic N) is 3. The molecule has 6 rings (SSSR count). The second kappa shape index (κ2) is 7.44. The van der Waals surface area contributed by atoms with E-state index in [4.69, 9.17) is 9.26 Å². The number of nitrogens with one attached hydrogen (secondary N) is 1. The summed E-state index contributed by atoms with van der Waals surface area (Å²) in [4.78, 5) is 31.7. The van der Waals surface area contributed by atoms with E-state index in [1.165, 1.54) is 4.90 Å². The van der Waals surface area contributed by atoms with Crippen molar-refractivity contribution in [3.8, 4) is 17.0 Å². The molecule has 1 fully saturated rings. The lowest BCUT2D eigenvalue weighted by atomic mass is 10.0. The molecule has 1 aliphatic carbocycles. The molecule has 2 aliphatic rings. The summed E-state index contributed by atoms with van der Waals surface area (Å²) in [5.41, 5.74) is 4.27. The van der Waals surface area contributed by atoms with E-state index in [0.29, 0.717) is 45.4 Å². The molecule has 2 amide bonds. The van der Waals surface area contributed by atoms with Gasteiger partial charge in [-0.2, -0.15) is 0 Å². The zero-order chi connectivity index (χ0) is 22.5. The predicted octanol–water partition coefficient (Wildman–Crippen LogP) is 4.37. The van der Waals surface area contributed by atoms with Gasteiger partial charge in [-0.3, -0.25) is 9.59 Å². The predicted molar refractivity (Wildman–Crippen MR) is 123 cm³/mol. The van der Waals surface area contributed by atoms with Gasteiger partial charge in [-0.25, -0.2) is 4.98 Å². The topological polar surface area (TPSA) is 97.6 Å². The van der Waals surface area contributed by atoms with E-state index in [1.807, 2.05) is 30.3 Å². The average molecular weight is 440 g/mol. The molecule has 164 valence electrons. The van der Waals surface area contributed by atoms with Gasteiger partial charge in [-0.05, 0) is 37.1 Å². The Morgan fingerprint density at radius 1 is 1.12 bits per heavy atom. The molecule has 33 heavy (non-hydrogen) atoms. The largest absolute Gasteiger partial charge is 0.482 e. The Labute approximate surface area is 189 Å². The summed E-state index contributed by atoms with van der Waals surface area (Å²) in [6.07, 6.45) is 2.04. The number of hydrogen-bond acceptors (Lipinski definition) is 6. The number of hydrogen-bond donors (Lipinski definition) is 1. The first kappa shape index (κ1) is 19.5. The number of benzene rings is 2. The van der Waals surface area contributed by atoms with Crippen LogP contribution in [0.5, 0.6) is 5.75 Å². The Morgan fingerprint density at radius 2 is 1.94 bits per heavy atom. The number of anilines is 2. The van der Waals surface area contributed by atoms with Gasteiger partial charge in [0.05, 0.1) is 28.0 Å². The van der Waals surface area contributed by atoms with Gasteiger partial charge in [0.2, 0.25) is 0 Å². The number of rotatable bonds is 4. The van der Waals surface area contributed by atoms with Crippen molar-refractivity contribution in [1.82, 2.24) is 10.1 Å². The number of ether oxygens (including phenoxy) is 1. The van der Waals surface area contributed by atoms with E-state index in [-0.39, 0.29) is 18.4 Å². The molecule has 3 heterocycles. The second-order valence-corrected chi connectivity index (χ2v) is 8.32. The summed E-state index contributed by atoms with van der Waals surface area (Å²) in [5.74, 6) is 0.453. The van der Waals surface area contributed by atoms with Gasteiger partial charge >= 0.3 is 0 Å². The van der Waals surface area contributed by atoms with Gasteiger partial charge in [0.15, 0.2) is 6.61 Å². The van der Waals surface area contributed by atoms with Gasteiger partial charge < -0.3 is 19.5 Å². The van der Waals surface area contributed by atoms with Gasteiger partial charge in [0.25, 0.3) is 17.5 Å².